The molecule has 0 saturated heterocycles. The van der Waals surface area contributed by atoms with Crippen molar-refractivity contribution in [3.63, 3.8) is 0 Å². The van der Waals surface area contributed by atoms with Gasteiger partial charge in [0.05, 0.1) is 5.71 Å². The van der Waals surface area contributed by atoms with Crippen molar-refractivity contribution in [2.45, 2.75) is 25.7 Å². The standard InChI is InChI=1S/C12H13N3O/c16-11-7-8-3-1-5-10-9(4-2-6-13-10)12(8)15-14-11/h2,4,6,8H,1,3,5,7H2,(H,14,16). The van der Waals surface area contributed by atoms with E-state index in [1.807, 2.05) is 12.3 Å². The molecule has 0 fully saturated rings. The summed E-state index contributed by atoms with van der Waals surface area (Å²) in [6, 6.07) is 3.98. The fourth-order valence-electron chi connectivity index (χ4n) is 2.49. The number of amides is 1. The van der Waals surface area contributed by atoms with Crippen LogP contribution in [0.4, 0.5) is 0 Å². The summed E-state index contributed by atoms with van der Waals surface area (Å²) < 4.78 is 0. The van der Waals surface area contributed by atoms with Crippen LogP contribution >= 0.6 is 0 Å². The van der Waals surface area contributed by atoms with Gasteiger partial charge in [-0.1, -0.05) is 0 Å². The van der Waals surface area contributed by atoms with Crippen molar-refractivity contribution in [3.8, 4) is 0 Å². The van der Waals surface area contributed by atoms with Gasteiger partial charge in [0, 0.05) is 29.8 Å². The van der Waals surface area contributed by atoms with E-state index in [0.717, 1.165) is 36.2 Å². The van der Waals surface area contributed by atoms with Gasteiger partial charge in [-0.2, -0.15) is 5.10 Å². The molecule has 3 rings (SSSR count). The minimum absolute atomic E-state index is 0.0288. The maximum atomic E-state index is 11.3. The Hall–Kier alpha value is -1.71. The first-order valence-electron chi connectivity index (χ1n) is 5.65. The molecule has 2 heterocycles. The van der Waals surface area contributed by atoms with Crippen LogP contribution in [0, 0.1) is 5.92 Å². The van der Waals surface area contributed by atoms with Crippen molar-refractivity contribution in [3.05, 3.63) is 29.6 Å². The highest BCUT2D eigenvalue weighted by Gasteiger charge is 2.29. The number of fused-ring (bicyclic) bond motifs is 3. The topological polar surface area (TPSA) is 54.4 Å². The Morgan fingerprint density at radius 3 is 3.31 bits per heavy atom. The van der Waals surface area contributed by atoms with E-state index in [1.165, 1.54) is 0 Å². The summed E-state index contributed by atoms with van der Waals surface area (Å²) in [4.78, 5) is 15.7. The lowest BCUT2D eigenvalue weighted by molar-refractivity contribution is -0.122. The zero-order chi connectivity index (χ0) is 11.0. The van der Waals surface area contributed by atoms with E-state index in [2.05, 4.69) is 21.6 Å². The Morgan fingerprint density at radius 1 is 1.44 bits per heavy atom. The average molecular weight is 215 g/mol. The highest BCUT2D eigenvalue weighted by atomic mass is 16.2. The first-order valence-corrected chi connectivity index (χ1v) is 5.65. The number of hydrogen-bond acceptors (Lipinski definition) is 3. The molecular weight excluding hydrogens is 202 g/mol. The number of hydrazone groups is 1. The van der Waals surface area contributed by atoms with Crippen LogP contribution in [0.5, 0.6) is 0 Å². The summed E-state index contributed by atoms with van der Waals surface area (Å²) >= 11 is 0. The molecule has 1 N–H and O–H groups in total. The summed E-state index contributed by atoms with van der Waals surface area (Å²) in [6.07, 6.45) is 5.48. The zero-order valence-corrected chi connectivity index (χ0v) is 8.94. The predicted octanol–water partition coefficient (Wildman–Crippen LogP) is 1.26. The van der Waals surface area contributed by atoms with Crippen molar-refractivity contribution in [2.24, 2.45) is 11.0 Å². The monoisotopic (exact) mass is 215 g/mol. The molecule has 0 spiro atoms. The van der Waals surface area contributed by atoms with Crippen molar-refractivity contribution >= 4 is 11.6 Å². The lowest BCUT2D eigenvalue weighted by Gasteiger charge is -2.20. The van der Waals surface area contributed by atoms with Crippen molar-refractivity contribution < 1.29 is 4.79 Å². The molecule has 1 atom stereocenters. The quantitative estimate of drug-likeness (QED) is 0.708. The fourth-order valence-corrected chi connectivity index (χ4v) is 2.49. The van der Waals surface area contributed by atoms with Crippen LogP contribution in [-0.2, 0) is 11.2 Å². The number of aromatic nitrogens is 1. The molecule has 0 bridgehead atoms. The van der Waals surface area contributed by atoms with Gasteiger partial charge in [0.2, 0.25) is 5.91 Å². The number of carbonyl (C=O) groups is 1. The van der Waals surface area contributed by atoms with E-state index in [9.17, 15) is 4.79 Å². The van der Waals surface area contributed by atoms with Crippen LogP contribution in [0.25, 0.3) is 0 Å². The maximum absolute atomic E-state index is 11.3. The number of hydrogen-bond donors (Lipinski definition) is 1. The summed E-state index contributed by atoms with van der Waals surface area (Å²) in [6.45, 7) is 0. The van der Waals surface area contributed by atoms with Gasteiger partial charge in [0.15, 0.2) is 0 Å². The molecule has 1 aliphatic heterocycles. The molecule has 2 aliphatic rings. The summed E-state index contributed by atoms with van der Waals surface area (Å²) in [5.41, 5.74) is 5.81. The van der Waals surface area contributed by atoms with Gasteiger partial charge >= 0.3 is 0 Å². The van der Waals surface area contributed by atoms with E-state index in [0.29, 0.717) is 6.42 Å². The Balaban J connectivity index is 2.09. The molecule has 16 heavy (non-hydrogen) atoms. The summed E-state index contributed by atoms with van der Waals surface area (Å²) in [5.74, 6) is 0.306. The Morgan fingerprint density at radius 2 is 2.38 bits per heavy atom. The highest BCUT2D eigenvalue weighted by Crippen LogP contribution is 2.27. The fraction of sp³-hybridized carbons (Fsp3) is 0.417. The van der Waals surface area contributed by atoms with E-state index in [4.69, 9.17) is 0 Å². The molecule has 0 radical (unpaired) electrons. The maximum Gasteiger partial charge on any atom is 0.240 e. The highest BCUT2D eigenvalue weighted by molar-refractivity contribution is 6.06. The first kappa shape index (κ1) is 9.51. The van der Waals surface area contributed by atoms with Crippen molar-refractivity contribution in [2.75, 3.05) is 0 Å². The average Bonchev–Trinajstić information content (AvgIpc) is 2.47. The molecule has 4 heteroatoms. The summed E-state index contributed by atoms with van der Waals surface area (Å²) in [5, 5.41) is 4.21. The Bertz CT molecular complexity index is 467. The van der Waals surface area contributed by atoms with Crippen LogP contribution in [0.1, 0.15) is 30.5 Å². The van der Waals surface area contributed by atoms with Gasteiger partial charge in [-0.25, -0.2) is 5.43 Å². The molecule has 1 aromatic rings. The van der Waals surface area contributed by atoms with E-state index in [1.54, 1.807) is 0 Å². The minimum atomic E-state index is 0.0288. The molecular formula is C12H13N3O. The number of rotatable bonds is 0. The van der Waals surface area contributed by atoms with E-state index >= 15 is 0 Å². The Kier molecular flexibility index (Phi) is 2.20. The van der Waals surface area contributed by atoms with E-state index in [-0.39, 0.29) is 11.8 Å². The van der Waals surface area contributed by atoms with Crippen LogP contribution in [-0.4, -0.2) is 16.6 Å². The zero-order valence-electron chi connectivity index (χ0n) is 8.94. The van der Waals surface area contributed by atoms with Crippen molar-refractivity contribution in [1.29, 1.82) is 0 Å². The normalized spacial score (nSPS) is 23.6. The lowest BCUT2D eigenvalue weighted by atomic mass is 9.91. The molecule has 1 amide bonds. The number of carbonyl (C=O) groups excluding carboxylic acids is 1. The minimum Gasteiger partial charge on any atom is -0.273 e. The second-order valence-electron chi connectivity index (χ2n) is 4.32. The third-order valence-corrected chi connectivity index (χ3v) is 3.25. The second-order valence-corrected chi connectivity index (χ2v) is 4.32. The Labute approximate surface area is 93.8 Å². The largest absolute Gasteiger partial charge is 0.273 e. The first-order chi connectivity index (χ1) is 7.84. The van der Waals surface area contributed by atoms with Crippen LogP contribution in [0.2, 0.25) is 0 Å². The van der Waals surface area contributed by atoms with Gasteiger partial charge in [0.25, 0.3) is 0 Å². The molecule has 82 valence electrons. The molecule has 1 aliphatic carbocycles. The SMILES string of the molecule is O=C1CC2CCCc3ncccc3C2=NN1. The molecule has 0 aromatic carbocycles. The van der Waals surface area contributed by atoms with Crippen LogP contribution in [0.15, 0.2) is 23.4 Å². The third-order valence-electron chi connectivity index (χ3n) is 3.25. The number of pyridine rings is 1. The second kappa shape index (κ2) is 3.70. The molecule has 1 aromatic heterocycles. The van der Waals surface area contributed by atoms with Gasteiger partial charge < -0.3 is 0 Å². The molecule has 0 saturated carbocycles. The summed E-state index contributed by atoms with van der Waals surface area (Å²) in [7, 11) is 0. The van der Waals surface area contributed by atoms with Gasteiger partial charge in [-0.05, 0) is 31.4 Å². The number of aryl methyl sites for hydroxylation is 1. The third kappa shape index (κ3) is 1.50. The predicted molar refractivity (Wildman–Crippen MR) is 60.0 cm³/mol. The lowest BCUT2D eigenvalue weighted by Crippen LogP contribution is -2.33. The van der Waals surface area contributed by atoms with Gasteiger partial charge in [-0.3, -0.25) is 9.78 Å². The van der Waals surface area contributed by atoms with Gasteiger partial charge in [0.1, 0.15) is 0 Å². The van der Waals surface area contributed by atoms with E-state index < -0.39 is 0 Å². The number of nitrogens with one attached hydrogen (secondary N) is 1. The molecule has 4 nitrogen and oxygen atoms in total. The van der Waals surface area contributed by atoms with Crippen molar-refractivity contribution in [1.82, 2.24) is 10.4 Å². The van der Waals surface area contributed by atoms with Crippen LogP contribution < -0.4 is 5.43 Å². The molecule has 1 unspecified atom stereocenters. The smallest absolute Gasteiger partial charge is 0.240 e. The van der Waals surface area contributed by atoms with Crippen LogP contribution in [0.3, 0.4) is 0 Å². The van der Waals surface area contributed by atoms with Gasteiger partial charge in [-0.15, -0.1) is 0 Å². The number of nitrogens with zero attached hydrogens (tertiary/aromatic N) is 2.